The SMILES string of the molecule is CCC(C)CC(C)(C#N)c1cc(C)ccc1C. The lowest BCUT2D eigenvalue weighted by Gasteiger charge is -2.27. The first kappa shape index (κ1) is 13.8. The second kappa shape index (κ2) is 5.36. The third-order valence-electron chi connectivity index (χ3n) is 3.69. The molecular weight excluding hydrogens is 206 g/mol. The topological polar surface area (TPSA) is 23.8 Å². The number of hydrogen-bond donors (Lipinski definition) is 0. The minimum Gasteiger partial charge on any atom is -0.197 e. The van der Waals surface area contributed by atoms with E-state index in [-0.39, 0.29) is 5.41 Å². The van der Waals surface area contributed by atoms with Crippen molar-refractivity contribution in [3.8, 4) is 6.07 Å². The lowest BCUT2D eigenvalue weighted by atomic mass is 9.74. The first-order chi connectivity index (χ1) is 7.92. The van der Waals surface area contributed by atoms with Crippen molar-refractivity contribution < 1.29 is 0 Å². The van der Waals surface area contributed by atoms with Gasteiger partial charge in [-0.3, -0.25) is 0 Å². The number of aryl methyl sites for hydroxylation is 2. The fourth-order valence-electron chi connectivity index (χ4n) is 2.39. The summed E-state index contributed by atoms with van der Waals surface area (Å²) < 4.78 is 0. The molecule has 1 nitrogen and oxygen atoms in total. The van der Waals surface area contributed by atoms with E-state index in [0.717, 1.165) is 12.8 Å². The zero-order valence-corrected chi connectivity index (χ0v) is 11.7. The van der Waals surface area contributed by atoms with Crippen LogP contribution in [0.5, 0.6) is 0 Å². The molecule has 0 saturated heterocycles. The Morgan fingerprint density at radius 2 is 2.00 bits per heavy atom. The average Bonchev–Trinajstić information content (AvgIpc) is 2.31. The highest BCUT2D eigenvalue weighted by Crippen LogP contribution is 2.33. The summed E-state index contributed by atoms with van der Waals surface area (Å²) >= 11 is 0. The summed E-state index contributed by atoms with van der Waals surface area (Å²) in [5, 5.41) is 9.55. The van der Waals surface area contributed by atoms with Gasteiger partial charge in [-0.15, -0.1) is 0 Å². The Morgan fingerprint density at radius 1 is 1.35 bits per heavy atom. The molecule has 2 atom stereocenters. The van der Waals surface area contributed by atoms with Crippen LogP contribution in [-0.2, 0) is 5.41 Å². The van der Waals surface area contributed by atoms with Crippen molar-refractivity contribution in [3.05, 3.63) is 34.9 Å². The highest BCUT2D eigenvalue weighted by atomic mass is 14.4. The van der Waals surface area contributed by atoms with Crippen molar-refractivity contribution in [2.24, 2.45) is 5.92 Å². The standard InChI is InChI=1S/C16H23N/c1-6-12(2)10-16(5,11-17)15-9-13(3)7-8-14(15)4/h7-9,12H,6,10H2,1-5H3. The van der Waals surface area contributed by atoms with Crippen LogP contribution in [0.2, 0.25) is 0 Å². The van der Waals surface area contributed by atoms with Gasteiger partial charge in [0, 0.05) is 0 Å². The van der Waals surface area contributed by atoms with Gasteiger partial charge >= 0.3 is 0 Å². The van der Waals surface area contributed by atoms with Gasteiger partial charge in [-0.25, -0.2) is 0 Å². The average molecular weight is 229 g/mol. The van der Waals surface area contributed by atoms with E-state index in [1.807, 2.05) is 0 Å². The molecule has 1 aromatic rings. The van der Waals surface area contributed by atoms with E-state index < -0.39 is 0 Å². The van der Waals surface area contributed by atoms with Crippen LogP contribution < -0.4 is 0 Å². The smallest absolute Gasteiger partial charge is 0.0799 e. The van der Waals surface area contributed by atoms with Gasteiger partial charge in [-0.2, -0.15) is 5.26 Å². The van der Waals surface area contributed by atoms with Crippen LogP contribution >= 0.6 is 0 Å². The lowest BCUT2D eigenvalue weighted by Crippen LogP contribution is -2.24. The second-order valence-corrected chi connectivity index (χ2v) is 5.48. The van der Waals surface area contributed by atoms with Crippen LogP contribution in [0.25, 0.3) is 0 Å². The van der Waals surface area contributed by atoms with Crippen LogP contribution in [0, 0.1) is 31.1 Å². The molecule has 0 N–H and O–H groups in total. The van der Waals surface area contributed by atoms with Crippen molar-refractivity contribution in [2.45, 2.75) is 52.9 Å². The van der Waals surface area contributed by atoms with E-state index in [0.29, 0.717) is 5.92 Å². The first-order valence-electron chi connectivity index (χ1n) is 6.42. The maximum atomic E-state index is 9.55. The van der Waals surface area contributed by atoms with Crippen molar-refractivity contribution in [2.75, 3.05) is 0 Å². The molecule has 2 unspecified atom stereocenters. The Hall–Kier alpha value is -1.29. The van der Waals surface area contributed by atoms with Gasteiger partial charge in [0.05, 0.1) is 11.5 Å². The number of hydrogen-bond acceptors (Lipinski definition) is 1. The summed E-state index contributed by atoms with van der Waals surface area (Å²) in [4.78, 5) is 0. The Bertz CT molecular complexity index is 428. The van der Waals surface area contributed by atoms with Gasteiger partial charge in [-0.05, 0) is 44.2 Å². The summed E-state index contributed by atoms with van der Waals surface area (Å²) in [6.45, 7) is 10.7. The molecule has 92 valence electrons. The molecule has 0 radical (unpaired) electrons. The maximum Gasteiger partial charge on any atom is 0.0799 e. The molecule has 0 heterocycles. The van der Waals surface area contributed by atoms with E-state index in [4.69, 9.17) is 0 Å². The van der Waals surface area contributed by atoms with E-state index in [9.17, 15) is 5.26 Å². The Kier molecular flexibility index (Phi) is 4.34. The third-order valence-corrected chi connectivity index (χ3v) is 3.69. The molecule has 0 fully saturated rings. The van der Waals surface area contributed by atoms with Gasteiger partial charge in [0.25, 0.3) is 0 Å². The minimum atomic E-state index is -0.356. The van der Waals surface area contributed by atoms with Crippen LogP contribution in [0.4, 0.5) is 0 Å². The molecule has 0 aliphatic heterocycles. The number of nitrogens with zero attached hydrogens (tertiary/aromatic N) is 1. The normalized spacial score (nSPS) is 16.0. The van der Waals surface area contributed by atoms with E-state index in [2.05, 4.69) is 58.9 Å². The number of rotatable bonds is 4. The molecule has 0 saturated carbocycles. The molecule has 0 spiro atoms. The largest absolute Gasteiger partial charge is 0.197 e. The van der Waals surface area contributed by atoms with Crippen LogP contribution in [-0.4, -0.2) is 0 Å². The first-order valence-corrected chi connectivity index (χ1v) is 6.42. The van der Waals surface area contributed by atoms with E-state index in [1.54, 1.807) is 0 Å². The molecule has 17 heavy (non-hydrogen) atoms. The summed E-state index contributed by atoms with van der Waals surface area (Å²) in [5.74, 6) is 0.583. The predicted molar refractivity (Wildman–Crippen MR) is 73.0 cm³/mol. The van der Waals surface area contributed by atoms with Crippen LogP contribution in [0.15, 0.2) is 18.2 Å². The molecule has 0 aliphatic carbocycles. The highest BCUT2D eigenvalue weighted by molar-refractivity contribution is 5.40. The molecule has 1 rings (SSSR count). The molecule has 0 aliphatic rings. The Morgan fingerprint density at radius 3 is 2.53 bits per heavy atom. The van der Waals surface area contributed by atoms with Gasteiger partial charge in [0.1, 0.15) is 0 Å². The van der Waals surface area contributed by atoms with E-state index in [1.165, 1.54) is 16.7 Å². The maximum absolute atomic E-state index is 9.55. The second-order valence-electron chi connectivity index (χ2n) is 5.48. The molecule has 0 bridgehead atoms. The zero-order valence-electron chi connectivity index (χ0n) is 11.7. The summed E-state index contributed by atoms with van der Waals surface area (Å²) in [5.41, 5.74) is 3.30. The molecular formula is C16H23N. The number of benzene rings is 1. The van der Waals surface area contributed by atoms with Crippen molar-refractivity contribution in [1.29, 1.82) is 5.26 Å². The van der Waals surface area contributed by atoms with Crippen molar-refractivity contribution >= 4 is 0 Å². The van der Waals surface area contributed by atoms with Gasteiger partial charge in [-0.1, -0.05) is 44.0 Å². The number of nitriles is 1. The van der Waals surface area contributed by atoms with Gasteiger partial charge < -0.3 is 0 Å². The Labute approximate surface area is 105 Å². The fourth-order valence-corrected chi connectivity index (χ4v) is 2.39. The van der Waals surface area contributed by atoms with Crippen LogP contribution in [0.1, 0.15) is 50.3 Å². The molecule has 1 aromatic carbocycles. The van der Waals surface area contributed by atoms with Crippen molar-refractivity contribution in [1.82, 2.24) is 0 Å². The van der Waals surface area contributed by atoms with Crippen molar-refractivity contribution in [3.63, 3.8) is 0 Å². The lowest BCUT2D eigenvalue weighted by molar-refractivity contribution is 0.411. The quantitative estimate of drug-likeness (QED) is 0.744. The summed E-state index contributed by atoms with van der Waals surface area (Å²) in [6, 6.07) is 8.93. The predicted octanol–water partition coefficient (Wildman–Crippen LogP) is 4.52. The third kappa shape index (κ3) is 3.09. The minimum absolute atomic E-state index is 0.356. The molecule has 0 aromatic heterocycles. The van der Waals surface area contributed by atoms with Crippen LogP contribution in [0.3, 0.4) is 0 Å². The fraction of sp³-hybridized carbons (Fsp3) is 0.562. The van der Waals surface area contributed by atoms with E-state index >= 15 is 0 Å². The van der Waals surface area contributed by atoms with Gasteiger partial charge in [0.15, 0.2) is 0 Å². The molecule has 0 amide bonds. The monoisotopic (exact) mass is 229 g/mol. The molecule has 1 heteroatoms. The zero-order chi connectivity index (χ0) is 13.1. The summed E-state index contributed by atoms with van der Waals surface area (Å²) in [6.07, 6.45) is 2.06. The summed E-state index contributed by atoms with van der Waals surface area (Å²) in [7, 11) is 0. The highest BCUT2D eigenvalue weighted by Gasteiger charge is 2.29. The Balaban J connectivity index is 3.16. The van der Waals surface area contributed by atoms with Gasteiger partial charge in [0.2, 0.25) is 0 Å².